The number of aromatic hydroxyl groups is 2. The van der Waals surface area contributed by atoms with E-state index in [1.54, 1.807) is 20.8 Å². The van der Waals surface area contributed by atoms with Crippen molar-refractivity contribution in [2.75, 3.05) is 0 Å². The van der Waals surface area contributed by atoms with Gasteiger partial charge in [0, 0.05) is 0 Å². The second kappa shape index (κ2) is 5.88. The fourth-order valence-electron chi connectivity index (χ4n) is 1.58. The SMILES string of the molecule is CC(C)(C)C(=O)OCc1cc(O)c(C(=O)O)c(O)c1[N+](=O)[O-]. The normalized spacial score (nSPS) is 11.0. The summed E-state index contributed by atoms with van der Waals surface area (Å²) in [6.45, 7) is 4.14. The molecular formula is C13H15NO8. The average Bonchev–Trinajstić information content (AvgIpc) is 2.32. The molecule has 0 aliphatic carbocycles. The minimum Gasteiger partial charge on any atom is -0.507 e. The van der Waals surface area contributed by atoms with E-state index in [0.29, 0.717) is 0 Å². The zero-order valence-corrected chi connectivity index (χ0v) is 12.1. The maximum absolute atomic E-state index is 11.7. The molecule has 9 heteroatoms. The summed E-state index contributed by atoms with van der Waals surface area (Å²) < 4.78 is 4.88. The van der Waals surface area contributed by atoms with E-state index in [4.69, 9.17) is 9.84 Å². The molecule has 0 atom stereocenters. The van der Waals surface area contributed by atoms with E-state index in [1.807, 2.05) is 0 Å². The lowest BCUT2D eigenvalue weighted by atomic mass is 9.97. The molecule has 0 aliphatic heterocycles. The number of carbonyl (C=O) groups excluding carboxylic acids is 1. The quantitative estimate of drug-likeness (QED) is 0.433. The van der Waals surface area contributed by atoms with Gasteiger partial charge in [-0.3, -0.25) is 14.9 Å². The van der Waals surface area contributed by atoms with Gasteiger partial charge in [-0.25, -0.2) is 4.79 Å². The number of hydrogen-bond donors (Lipinski definition) is 3. The maximum atomic E-state index is 11.7. The Morgan fingerprint density at radius 3 is 2.27 bits per heavy atom. The molecule has 0 bridgehead atoms. The van der Waals surface area contributed by atoms with Crippen LogP contribution < -0.4 is 0 Å². The van der Waals surface area contributed by atoms with E-state index in [-0.39, 0.29) is 5.56 Å². The van der Waals surface area contributed by atoms with Crippen LogP contribution in [0.15, 0.2) is 6.07 Å². The zero-order chi connectivity index (χ0) is 17.2. The molecule has 1 rings (SSSR count). The van der Waals surface area contributed by atoms with Crippen molar-refractivity contribution in [2.45, 2.75) is 27.4 Å². The first-order valence-corrected chi connectivity index (χ1v) is 6.09. The molecule has 120 valence electrons. The number of carboxylic acids is 1. The van der Waals surface area contributed by atoms with Crippen LogP contribution in [-0.4, -0.2) is 32.2 Å². The number of phenols is 2. The molecule has 0 unspecified atom stereocenters. The zero-order valence-electron chi connectivity index (χ0n) is 12.1. The van der Waals surface area contributed by atoms with Crippen LogP contribution in [0.2, 0.25) is 0 Å². The Bertz CT molecular complexity index is 644. The van der Waals surface area contributed by atoms with Gasteiger partial charge in [-0.2, -0.15) is 0 Å². The standard InChI is InChI=1S/C13H15NO8/c1-13(2,3)12(19)22-5-6-4-7(15)8(11(17)18)10(16)9(6)14(20)21/h4,15-16H,5H2,1-3H3,(H,17,18). The summed E-state index contributed by atoms with van der Waals surface area (Å²) in [5.74, 6) is -4.43. The fraction of sp³-hybridized carbons (Fsp3) is 0.385. The lowest BCUT2D eigenvalue weighted by Crippen LogP contribution is -2.22. The molecule has 1 aromatic carbocycles. The van der Waals surface area contributed by atoms with Crippen molar-refractivity contribution in [3.05, 3.63) is 27.3 Å². The summed E-state index contributed by atoms with van der Waals surface area (Å²) in [4.78, 5) is 32.5. The molecule has 3 N–H and O–H groups in total. The van der Waals surface area contributed by atoms with Crippen molar-refractivity contribution < 1.29 is 34.6 Å². The number of rotatable bonds is 4. The number of carbonyl (C=O) groups is 2. The predicted molar refractivity (Wildman–Crippen MR) is 72.6 cm³/mol. The number of nitro benzene ring substituents is 1. The Balaban J connectivity index is 3.29. The van der Waals surface area contributed by atoms with E-state index < -0.39 is 51.6 Å². The molecule has 1 aromatic rings. The van der Waals surface area contributed by atoms with E-state index in [0.717, 1.165) is 6.07 Å². The maximum Gasteiger partial charge on any atom is 0.343 e. The van der Waals surface area contributed by atoms with Gasteiger partial charge in [-0.15, -0.1) is 0 Å². The second-order valence-corrected chi connectivity index (χ2v) is 5.52. The number of benzene rings is 1. The smallest absolute Gasteiger partial charge is 0.343 e. The Labute approximate surface area is 124 Å². The van der Waals surface area contributed by atoms with Gasteiger partial charge in [0.05, 0.1) is 15.9 Å². The van der Waals surface area contributed by atoms with Crippen molar-refractivity contribution in [2.24, 2.45) is 5.41 Å². The molecule has 0 aliphatic rings. The summed E-state index contributed by atoms with van der Waals surface area (Å²) in [6, 6.07) is 0.775. The number of esters is 1. The summed E-state index contributed by atoms with van der Waals surface area (Å²) in [6.07, 6.45) is 0. The van der Waals surface area contributed by atoms with E-state index >= 15 is 0 Å². The first-order chi connectivity index (χ1) is 9.96. The third kappa shape index (κ3) is 3.43. The molecule has 0 radical (unpaired) electrons. The lowest BCUT2D eigenvalue weighted by molar-refractivity contribution is -0.386. The van der Waals surface area contributed by atoms with Crippen LogP contribution in [0.3, 0.4) is 0 Å². The van der Waals surface area contributed by atoms with Gasteiger partial charge < -0.3 is 20.1 Å². The highest BCUT2D eigenvalue weighted by molar-refractivity contribution is 5.96. The summed E-state index contributed by atoms with van der Waals surface area (Å²) in [7, 11) is 0. The molecule has 0 saturated carbocycles. The van der Waals surface area contributed by atoms with Gasteiger partial charge in [0.2, 0.25) is 5.75 Å². The third-order valence-electron chi connectivity index (χ3n) is 2.70. The molecule has 0 saturated heterocycles. The van der Waals surface area contributed by atoms with E-state index in [9.17, 15) is 29.9 Å². The molecule has 9 nitrogen and oxygen atoms in total. The van der Waals surface area contributed by atoms with Gasteiger partial charge >= 0.3 is 17.6 Å². The van der Waals surface area contributed by atoms with Crippen LogP contribution in [0, 0.1) is 15.5 Å². The lowest BCUT2D eigenvalue weighted by Gasteiger charge is -2.17. The summed E-state index contributed by atoms with van der Waals surface area (Å²) in [5.41, 5.74) is -3.09. The van der Waals surface area contributed by atoms with Crippen LogP contribution in [-0.2, 0) is 16.1 Å². The number of nitro groups is 1. The van der Waals surface area contributed by atoms with Gasteiger partial charge in [0.25, 0.3) is 0 Å². The number of carboxylic acid groups (broad SMARTS) is 1. The highest BCUT2D eigenvalue weighted by Crippen LogP contribution is 2.39. The van der Waals surface area contributed by atoms with Gasteiger partial charge in [0.1, 0.15) is 12.4 Å². The Morgan fingerprint density at radius 2 is 1.86 bits per heavy atom. The highest BCUT2D eigenvalue weighted by atomic mass is 16.6. The van der Waals surface area contributed by atoms with Crippen molar-refractivity contribution >= 4 is 17.6 Å². The summed E-state index contributed by atoms with van der Waals surface area (Å²) >= 11 is 0. The number of aromatic carboxylic acids is 1. The number of hydrogen-bond acceptors (Lipinski definition) is 7. The van der Waals surface area contributed by atoms with Crippen molar-refractivity contribution in [3.8, 4) is 11.5 Å². The van der Waals surface area contributed by atoms with Gasteiger partial charge in [-0.05, 0) is 26.8 Å². The van der Waals surface area contributed by atoms with Crippen molar-refractivity contribution in [1.29, 1.82) is 0 Å². The molecule has 0 heterocycles. The Kier molecular flexibility index (Phi) is 4.60. The summed E-state index contributed by atoms with van der Waals surface area (Å²) in [5, 5.41) is 39.1. The van der Waals surface area contributed by atoms with Crippen LogP contribution in [0.1, 0.15) is 36.7 Å². The van der Waals surface area contributed by atoms with Gasteiger partial charge in [-0.1, -0.05) is 0 Å². The average molecular weight is 313 g/mol. The Hall–Kier alpha value is -2.84. The van der Waals surface area contributed by atoms with Gasteiger partial charge in [0.15, 0.2) is 5.56 Å². The van der Waals surface area contributed by atoms with E-state index in [1.165, 1.54) is 0 Å². The molecule has 0 amide bonds. The second-order valence-electron chi connectivity index (χ2n) is 5.52. The molecule has 22 heavy (non-hydrogen) atoms. The first-order valence-electron chi connectivity index (χ1n) is 6.09. The van der Waals surface area contributed by atoms with E-state index in [2.05, 4.69) is 0 Å². The predicted octanol–water partition coefficient (Wildman–Crippen LogP) is 1.79. The van der Waals surface area contributed by atoms with Crippen molar-refractivity contribution in [3.63, 3.8) is 0 Å². The molecule has 0 aromatic heterocycles. The number of ether oxygens (including phenoxy) is 1. The third-order valence-corrected chi connectivity index (χ3v) is 2.70. The highest BCUT2D eigenvalue weighted by Gasteiger charge is 2.31. The first kappa shape index (κ1) is 17.2. The minimum absolute atomic E-state index is 0.317. The monoisotopic (exact) mass is 313 g/mol. The fourth-order valence-corrected chi connectivity index (χ4v) is 1.58. The molecular weight excluding hydrogens is 298 g/mol. The van der Waals surface area contributed by atoms with Crippen LogP contribution in [0.25, 0.3) is 0 Å². The molecule has 0 fully saturated rings. The Morgan fingerprint density at radius 1 is 1.32 bits per heavy atom. The van der Waals surface area contributed by atoms with Crippen molar-refractivity contribution in [1.82, 2.24) is 0 Å². The minimum atomic E-state index is -1.73. The van der Waals surface area contributed by atoms with Crippen LogP contribution in [0.4, 0.5) is 5.69 Å². The topological polar surface area (TPSA) is 147 Å². The largest absolute Gasteiger partial charge is 0.507 e. The van der Waals surface area contributed by atoms with Crippen LogP contribution >= 0.6 is 0 Å². The molecule has 0 spiro atoms. The van der Waals surface area contributed by atoms with Crippen LogP contribution in [0.5, 0.6) is 11.5 Å². The number of nitrogens with zero attached hydrogens (tertiary/aromatic N) is 1.